The third-order valence-corrected chi connectivity index (χ3v) is 6.49. The summed E-state index contributed by atoms with van der Waals surface area (Å²) >= 11 is 0. The van der Waals surface area contributed by atoms with Crippen molar-refractivity contribution in [1.82, 2.24) is 10.6 Å². The van der Waals surface area contributed by atoms with Crippen molar-refractivity contribution in [2.75, 3.05) is 25.0 Å². The van der Waals surface area contributed by atoms with Crippen LogP contribution in [0.1, 0.15) is 73.4 Å². The van der Waals surface area contributed by atoms with Crippen molar-refractivity contribution in [3.63, 3.8) is 0 Å². The molecule has 1 heterocycles. The van der Waals surface area contributed by atoms with Crippen LogP contribution in [-0.4, -0.2) is 31.6 Å². The number of likely N-dealkylation sites (N-methyl/N-ethyl adjacent to an activating group) is 1. The molecule has 28 heavy (non-hydrogen) atoms. The first kappa shape index (κ1) is 22.7. The van der Waals surface area contributed by atoms with Crippen LogP contribution in [0.5, 0.6) is 0 Å². The average molecular weight is 388 g/mol. The van der Waals surface area contributed by atoms with Gasteiger partial charge >= 0.3 is 0 Å². The Labute approximate surface area is 172 Å². The van der Waals surface area contributed by atoms with Crippen molar-refractivity contribution in [2.24, 2.45) is 10.8 Å². The molecule has 0 spiro atoms. The van der Waals surface area contributed by atoms with Crippen LogP contribution in [0.2, 0.25) is 0 Å². The molecule has 4 heteroatoms. The molecule has 1 amide bonds. The van der Waals surface area contributed by atoms with Gasteiger partial charge in [-0.25, -0.2) is 0 Å². The molecule has 0 unspecified atom stereocenters. The molecule has 0 radical (unpaired) electrons. The standard InChI is InChI=1S/C24H41N3O/c1-21(2,3)24(22(4,5)6)16-27(23(7,8)9)18-13-11-12-17(20(18)24)14-26-15-19(28)25-10/h11-13,26H,14-16H2,1-10H3,(H,25,28). The molecule has 2 rings (SSSR count). The molecular weight excluding hydrogens is 346 g/mol. The van der Waals surface area contributed by atoms with Crippen LogP contribution in [0.3, 0.4) is 0 Å². The molecule has 1 aliphatic rings. The number of hydrogen-bond acceptors (Lipinski definition) is 3. The van der Waals surface area contributed by atoms with Crippen LogP contribution >= 0.6 is 0 Å². The first-order valence-electron chi connectivity index (χ1n) is 10.5. The Morgan fingerprint density at radius 2 is 1.61 bits per heavy atom. The Kier molecular flexibility index (Phi) is 5.98. The molecule has 4 nitrogen and oxygen atoms in total. The number of rotatable bonds is 4. The Balaban J connectivity index is 2.67. The van der Waals surface area contributed by atoms with E-state index in [0.29, 0.717) is 13.1 Å². The smallest absolute Gasteiger partial charge is 0.233 e. The third-order valence-electron chi connectivity index (χ3n) is 6.49. The fourth-order valence-electron chi connectivity index (χ4n) is 5.20. The van der Waals surface area contributed by atoms with E-state index in [2.05, 4.69) is 96.0 Å². The average Bonchev–Trinajstić information content (AvgIpc) is 2.92. The highest BCUT2D eigenvalue weighted by Gasteiger charge is 2.58. The summed E-state index contributed by atoms with van der Waals surface area (Å²) < 4.78 is 0. The van der Waals surface area contributed by atoms with Gasteiger partial charge in [0.25, 0.3) is 0 Å². The van der Waals surface area contributed by atoms with E-state index in [4.69, 9.17) is 0 Å². The summed E-state index contributed by atoms with van der Waals surface area (Å²) in [6, 6.07) is 6.67. The summed E-state index contributed by atoms with van der Waals surface area (Å²) in [6.07, 6.45) is 0. The van der Waals surface area contributed by atoms with Gasteiger partial charge in [0.05, 0.1) is 6.54 Å². The molecule has 0 aliphatic carbocycles. The van der Waals surface area contributed by atoms with Crippen molar-refractivity contribution < 1.29 is 4.79 Å². The van der Waals surface area contributed by atoms with E-state index in [1.165, 1.54) is 16.8 Å². The van der Waals surface area contributed by atoms with E-state index in [9.17, 15) is 4.79 Å². The SMILES string of the molecule is CNC(=O)CNCc1cccc2c1C(C(C)(C)C)(C(C)(C)C)CN2C(C)(C)C. The lowest BCUT2D eigenvalue weighted by Gasteiger charge is -2.53. The molecule has 1 aliphatic heterocycles. The van der Waals surface area contributed by atoms with Gasteiger partial charge in [-0.05, 0) is 48.8 Å². The van der Waals surface area contributed by atoms with Crippen LogP contribution < -0.4 is 15.5 Å². The van der Waals surface area contributed by atoms with Gasteiger partial charge in [-0.1, -0.05) is 53.7 Å². The van der Waals surface area contributed by atoms with Gasteiger partial charge in [0.1, 0.15) is 0 Å². The monoisotopic (exact) mass is 387 g/mol. The van der Waals surface area contributed by atoms with E-state index < -0.39 is 0 Å². The van der Waals surface area contributed by atoms with Gasteiger partial charge in [-0.2, -0.15) is 0 Å². The summed E-state index contributed by atoms with van der Waals surface area (Å²) in [5.41, 5.74) is 4.30. The molecule has 0 atom stereocenters. The minimum atomic E-state index is -0.00605. The summed E-state index contributed by atoms with van der Waals surface area (Å²) in [7, 11) is 1.68. The Morgan fingerprint density at radius 3 is 2.07 bits per heavy atom. The van der Waals surface area contributed by atoms with Crippen molar-refractivity contribution >= 4 is 11.6 Å². The zero-order valence-electron chi connectivity index (χ0n) is 19.7. The summed E-state index contributed by atoms with van der Waals surface area (Å²) in [6.45, 7) is 23.2. The van der Waals surface area contributed by atoms with E-state index >= 15 is 0 Å². The van der Waals surface area contributed by atoms with Gasteiger partial charge in [0, 0.05) is 36.8 Å². The Morgan fingerprint density at radius 1 is 1.04 bits per heavy atom. The second-order valence-corrected chi connectivity index (χ2v) is 11.3. The molecule has 0 saturated heterocycles. The molecule has 2 N–H and O–H groups in total. The predicted molar refractivity (Wildman–Crippen MR) is 120 cm³/mol. The summed E-state index contributed by atoms with van der Waals surface area (Å²) in [4.78, 5) is 14.3. The van der Waals surface area contributed by atoms with Gasteiger partial charge in [-0.15, -0.1) is 0 Å². The Hall–Kier alpha value is -1.55. The number of carbonyl (C=O) groups excluding carboxylic acids is 1. The normalized spacial score (nSPS) is 16.9. The van der Waals surface area contributed by atoms with Crippen LogP contribution in [0.4, 0.5) is 5.69 Å². The highest BCUT2D eigenvalue weighted by atomic mass is 16.1. The molecule has 158 valence electrons. The maximum atomic E-state index is 11.7. The molecule has 0 fully saturated rings. The lowest BCUT2D eigenvalue weighted by atomic mass is 9.51. The number of amides is 1. The van der Waals surface area contributed by atoms with Crippen molar-refractivity contribution in [3.05, 3.63) is 29.3 Å². The third kappa shape index (κ3) is 3.80. The first-order valence-corrected chi connectivity index (χ1v) is 10.5. The first-order chi connectivity index (χ1) is 12.7. The van der Waals surface area contributed by atoms with Crippen molar-refractivity contribution in [1.29, 1.82) is 0 Å². The molecule has 1 aromatic rings. The number of nitrogens with zero attached hydrogens (tertiary/aromatic N) is 1. The number of fused-ring (bicyclic) bond motifs is 1. The number of nitrogens with one attached hydrogen (secondary N) is 2. The molecular formula is C24H41N3O. The number of anilines is 1. The maximum absolute atomic E-state index is 11.7. The van der Waals surface area contributed by atoms with E-state index in [1.54, 1.807) is 7.05 Å². The lowest BCUT2D eigenvalue weighted by Crippen LogP contribution is -2.55. The molecule has 1 aromatic carbocycles. The van der Waals surface area contributed by atoms with E-state index in [1.807, 2.05) is 0 Å². The van der Waals surface area contributed by atoms with Crippen molar-refractivity contribution in [2.45, 2.75) is 79.8 Å². The predicted octanol–water partition coefficient (Wildman–Crippen LogP) is 4.47. The zero-order valence-corrected chi connectivity index (χ0v) is 19.7. The molecule has 0 bridgehead atoms. The van der Waals surface area contributed by atoms with Crippen LogP contribution in [-0.2, 0) is 16.8 Å². The maximum Gasteiger partial charge on any atom is 0.233 e. The topological polar surface area (TPSA) is 44.4 Å². The highest BCUT2D eigenvalue weighted by Crippen LogP contribution is 2.61. The minimum absolute atomic E-state index is 0.00605. The van der Waals surface area contributed by atoms with Gasteiger partial charge in [0.15, 0.2) is 0 Å². The van der Waals surface area contributed by atoms with Gasteiger partial charge in [0.2, 0.25) is 5.91 Å². The lowest BCUT2D eigenvalue weighted by molar-refractivity contribution is -0.119. The van der Waals surface area contributed by atoms with E-state index in [0.717, 1.165) is 6.54 Å². The fraction of sp³-hybridized carbons (Fsp3) is 0.708. The second-order valence-electron chi connectivity index (χ2n) is 11.3. The number of hydrogen-bond donors (Lipinski definition) is 2. The van der Waals surface area contributed by atoms with Crippen LogP contribution in [0, 0.1) is 10.8 Å². The van der Waals surface area contributed by atoms with Crippen molar-refractivity contribution in [3.8, 4) is 0 Å². The largest absolute Gasteiger partial charge is 0.366 e. The number of carbonyl (C=O) groups is 1. The summed E-state index contributed by atoms with van der Waals surface area (Å²) in [5, 5.41) is 6.03. The highest BCUT2D eigenvalue weighted by molar-refractivity contribution is 5.77. The quantitative estimate of drug-likeness (QED) is 0.801. The van der Waals surface area contributed by atoms with E-state index in [-0.39, 0.29) is 27.7 Å². The molecule has 0 saturated carbocycles. The van der Waals surface area contributed by atoms with Gasteiger partial charge < -0.3 is 15.5 Å². The summed E-state index contributed by atoms with van der Waals surface area (Å²) in [5.74, 6) is 0.0156. The minimum Gasteiger partial charge on any atom is -0.366 e. The van der Waals surface area contributed by atoms with Crippen LogP contribution in [0.25, 0.3) is 0 Å². The van der Waals surface area contributed by atoms with Crippen LogP contribution in [0.15, 0.2) is 18.2 Å². The molecule has 0 aromatic heterocycles. The number of benzene rings is 1. The van der Waals surface area contributed by atoms with Gasteiger partial charge in [-0.3, -0.25) is 4.79 Å². The zero-order chi connectivity index (χ0) is 21.5. The Bertz CT molecular complexity index is 703. The second kappa shape index (κ2) is 7.37. The fourth-order valence-corrected chi connectivity index (χ4v) is 5.20.